The maximum absolute atomic E-state index is 13.2. The van der Waals surface area contributed by atoms with Gasteiger partial charge in [-0.2, -0.15) is 0 Å². The third-order valence-electron chi connectivity index (χ3n) is 5.69. The van der Waals surface area contributed by atoms with Crippen molar-refractivity contribution in [3.63, 3.8) is 0 Å². The average Bonchev–Trinajstić information content (AvgIpc) is 3.46. The summed E-state index contributed by atoms with van der Waals surface area (Å²) in [4.78, 5) is 28.7. The molecule has 1 unspecified atom stereocenters. The number of nitrogens with zero attached hydrogens (tertiary/aromatic N) is 1. The van der Waals surface area contributed by atoms with E-state index < -0.39 is 17.7 Å². The molecule has 2 heterocycles. The molecule has 5 rings (SSSR count). The van der Waals surface area contributed by atoms with Crippen LogP contribution in [0.15, 0.2) is 89.8 Å². The number of ether oxygens (including phenoxy) is 1. The standard InChI is InChI=1S/C27H21NO4S/c1-2-32-21-10-5-9-20(16-21)28-24(22-11-6-14-33-22)23(26(30)27(28)31)25(29)19-13-12-17-7-3-4-8-18(17)15-19/h3-16,24,29H,2H2,1H3/b25-23-. The molecule has 0 aliphatic carbocycles. The number of hydrogen-bond acceptors (Lipinski definition) is 5. The highest BCUT2D eigenvalue weighted by molar-refractivity contribution is 7.10. The van der Waals surface area contributed by atoms with Crippen molar-refractivity contribution in [3.05, 3.63) is 100 Å². The van der Waals surface area contributed by atoms with Gasteiger partial charge in [0, 0.05) is 22.2 Å². The van der Waals surface area contributed by atoms with Crippen LogP contribution in [-0.4, -0.2) is 23.4 Å². The highest BCUT2D eigenvalue weighted by Crippen LogP contribution is 2.44. The van der Waals surface area contributed by atoms with Gasteiger partial charge in [0.2, 0.25) is 0 Å². The summed E-state index contributed by atoms with van der Waals surface area (Å²) < 4.78 is 5.60. The Kier molecular flexibility index (Phi) is 5.44. The lowest BCUT2D eigenvalue weighted by Gasteiger charge is -2.24. The molecule has 1 fully saturated rings. The molecule has 1 amide bonds. The van der Waals surface area contributed by atoms with E-state index in [2.05, 4.69) is 0 Å². The zero-order valence-corrected chi connectivity index (χ0v) is 18.7. The van der Waals surface area contributed by atoms with Gasteiger partial charge in [0.1, 0.15) is 17.6 Å². The van der Waals surface area contributed by atoms with Crippen molar-refractivity contribution < 1.29 is 19.4 Å². The number of anilines is 1. The summed E-state index contributed by atoms with van der Waals surface area (Å²) >= 11 is 1.43. The van der Waals surface area contributed by atoms with Crippen LogP contribution in [-0.2, 0) is 9.59 Å². The predicted molar refractivity (Wildman–Crippen MR) is 131 cm³/mol. The lowest BCUT2D eigenvalue weighted by atomic mass is 9.98. The van der Waals surface area contributed by atoms with Crippen molar-refractivity contribution in [2.24, 2.45) is 0 Å². The molecule has 0 radical (unpaired) electrons. The first-order chi connectivity index (χ1) is 16.1. The Morgan fingerprint density at radius 3 is 2.55 bits per heavy atom. The molecule has 1 saturated heterocycles. The van der Waals surface area contributed by atoms with Crippen molar-refractivity contribution in [2.45, 2.75) is 13.0 Å². The van der Waals surface area contributed by atoms with Crippen molar-refractivity contribution in [1.29, 1.82) is 0 Å². The summed E-state index contributed by atoms with van der Waals surface area (Å²) in [6.45, 7) is 2.37. The number of fused-ring (bicyclic) bond motifs is 1. The molecular formula is C27H21NO4S. The molecule has 164 valence electrons. The minimum atomic E-state index is -0.728. The molecule has 6 heteroatoms. The van der Waals surface area contributed by atoms with E-state index in [1.807, 2.05) is 60.8 Å². The zero-order valence-electron chi connectivity index (χ0n) is 17.9. The second-order valence-electron chi connectivity index (χ2n) is 7.68. The molecule has 0 saturated carbocycles. The van der Waals surface area contributed by atoms with E-state index >= 15 is 0 Å². The summed E-state index contributed by atoms with van der Waals surface area (Å²) in [5, 5.41) is 15.2. The molecule has 1 atom stereocenters. The minimum absolute atomic E-state index is 0.0829. The fraction of sp³-hybridized carbons (Fsp3) is 0.111. The Hall–Kier alpha value is -3.90. The molecule has 1 aromatic heterocycles. The molecule has 33 heavy (non-hydrogen) atoms. The van der Waals surface area contributed by atoms with Crippen molar-refractivity contribution in [1.82, 2.24) is 0 Å². The molecule has 0 spiro atoms. The number of ketones is 1. The number of benzene rings is 3. The topological polar surface area (TPSA) is 66.8 Å². The van der Waals surface area contributed by atoms with Gasteiger partial charge < -0.3 is 9.84 Å². The molecule has 4 aromatic rings. The van der Waals surface area contributed by atoms with Crippen LogP contribution in [0.25, 0.3) is 16.5 Å². The first-order valence-corrected chi connectivity index (χ1v) is 11.5. The normalized spacial score (nSPS) is 17.6. The fourth-order valence-electron chi connectivity index (χ4n) is 4.20. The monoisotopic (exact) mass is 455 g/mol. The van der Waals surface area contributed by atoms with Crippen LogP contribution in [0, 0.1) is 0 Å². The number of amides is 1. The summed E-state index contributed by atoms with van der Waals surface area (Å²) in [5.41, 5.74) is 1.12. The summed E-state index contributed by atoms with van der Waals surface area (Å²) in [5.74, 6) is -0.956. The summed E-state index contributed by atoms with van der Waals surface area (Å²) in [6.07, 6.45) is 0. The van der Waals surface area contributed by atoms with Crippen LogP contribution >= 0.6 is 11.3 Å². The molecule has 1 aliphatic rings. The van der Waals surface area contributed by atoms with Gasteiger partial charge in [-0.15, -0.1) is 11.3 Å². The Labute approximate surface area is 195 Å². The van der Waals surface area contributed by atoms with E-state index in [-0.39, 0.29) is 11.3 Å². The first kappa shape index (κ1) is 21.0. The molecular weight excluding hydrogens is 434 g/mol. The smallest absolute Gasteiger partial charge is 0.300 e. The first-order valence-electron chi connectivity index (χ1n) is 10.6. The minimum Gasteiger partial charge on any atom is -0.507 e. The van der Waals surface area contributed by atoms with E-state index in [4.69, 9.17) is 4.74 Å². The van der Waals surface area contributed by atoms with E-state index in [9.17, 15) is 14.7 Å². The zero-order chi connectivity index (χ0) is 22.9. The molecule has 1 aliphatic heterocycles. The number of Topliss-reactive ketones (excluding diaryl/α,β-unsaturated/α-hetero) is 1. The third-order valence-corrected chi connectivity index (χ3v) is 6.61. The van der Waals surface area contributed by atoms with Crippen LogP contribution < -0.4 is 9.64 Å². The van der Waals surface area contributed by atoms with Crippen molar-refractivity contribution >= 4 is 45.2 Å². The predicted octanol–water partition coefficient (Wildman–Crippen LogP) is 5.93. The largest absolute Gasteiger partial charge is 0.507 e. The van der Waals surface area contributed by atoms with Gasteiger partial charge in [-0.1, -0.05) is 48.5 Å². The number of rotatable bonds is 5. The number of carbonyl (C=O) groups excluding carboxylic acids is 2. The van der Waals surface area contributed by atoms with E-state index in [1.165, 1.54) is 16.2 Å². The van der Waals surface area contributed by atoms with Crippen LogP contribution in [0.2, 0.25) is 0 Å². The fourth-order valence-corrected chi connectivity index (χ4v) is 5.02. The van der Waals surface area contributed by atoms with Crippen LogP contribution in [0.1, 0.15) is 23.4 Å². The summed E-state index contributed by atoms with van der Waals surface area (Å²) in [6, 6.07) is 23.4. The molecule has 0 bridgehead atoms. The van der Waals surface area contributed by atoms with Gasteiger partial charge >= 0.3 is 0 Å². The Morgan fingerprint density at radius 2 is 1.79 bits per heavy atom. The average molecular weight is 456 g/mol. The molecule has 3 aromatic carbocycles. The lowest BCUT2D eigenvalue weighted by molar-refractivity contribution is -0.132. The SMILES string of the molecule is CCOc1cccc(N2C(=O)C(=O)/C(=C(\O)c3ccc4ccccc4c3)C2c2cccs2)c1. The number of carbonyl (C=O) groups is 2. The number of thiophene rings is 1. The van der Waals surface area contributed by atoms with Crippen LogP contribution in [0.3, 0.4) is 0 Å². The third kappa shape index (κ3) is 3.68. The Bertz CT molecular complexity index is 1390. The highest BCUT2D eigenvalue weighted by Gasteiger charge is 2.47. The highest BCUT2D eigenvalue weighted by atomic mass is 32.1. The van der Waals surface area contributed by atoms with Gasteiger partial charge in [0.15, 0.2) is 0 Å². The molecule has 1 N–H and O–H groups in total. The maximum atomic E-state index is 13.2. The summed E-state index contributed by atoms with van der Waals surface area (Å²) in [7, 11) is 0. The van der Waals surface area contributed by atoms with Crippen LogP contribution in [0.5, 0.6) is 5.75 Å². The second kappa shape index (κ2) is 8.56. The van der Waals surface area contributed by atoms with Crippen molar-refractivity contribution in [3.8, 4) is 5.75 Å². The van der Waals surface area contributed by atoms with Gasteiger partial charge in [0.05, 0.1) is 12.2 Å². The van der Waals surface area contributed by atoms with Gasteiger partial charge in [-0.3, -0.25) is 14.5 Å². The van der Waals surface area contributed by atoms with E-state index in [0.29, 0.717) is 23.6 Å². The van der Waals surface area contributed by atoms with Gasteiger partial charge in [-0.25, -0.2) is 0 Å². The van der Waals surface area contributed by atoms with E-state index in [0.717, 1.165) is 15.6 Å². The quantitative estimate of drug-likeness (QED) is 0.230. The number of aliphatic hydroxyl groups excluding tert-OH is 1. The van der Waals surface area contributed by atoms with Gasteiger partial charge in [0.25, 0.3) is 11.7 Å². The van der Waals surface area contributed by atoms with Crippen molar-refractivity contribution in [2.75, 3.05) is 11.5 Å². The number of aliphatic hydroxyl groups is 1. The second-order valence-corrected chi connectivity index (χ2v) is 8.66. The van der Waals surface area contributed by atoms with E-state index in [1.54, 1.807) is 30.3 Å². The Balaban J connectivity index is 1.68. The van der Waals surface area contributed by atoms with Crippen LogP contribution in [0.4, 0.5) is 5.69 Å². The Morgan fingerprint density at radius 1 is 0.970 bits per heavy atom. The maximum Gasteiger partial charge on any atom is 0.300 e. The van der Waals surface area contributed by atoms with Gasteiger partial charge in [-0.05, 0) is 47.3 Å². The lowest BCUT2D eigenvalue weighted by Crippen LogP contribution is -2.29. The number of hydrogen-bond donors (Lipinski definition) is 1. The molecule has 5 nitrogen and oxygen atoms in total.